The van der Waals surface area contributed by atoms with E-state index in [1.165, 1.54) is 16.0 Å². The molecule has 0 aromatic heterocycles. The number of ketones is 1. The van der Waals surface area contributed by atoms with Crippen molar-refractivity contribution in [3.8, 4) is 0 Å². The molecule has 0 aromatic carbocycles. The standard InChI is InChI=1S/C17H19NO5/c19-14-8-1-2-9(14)6-11-10(5-8)13-7-12(15(11)23-13)16(20)18-3-4-22-17(18)21/h8-9,12-13,15H,1-7H2/t8-,9+,12+,13-,15-/m1/s1. The van der Waals surface area contributed by atoms with Crippen LogP contribution in [0.1, 0.15) is 32.1 Å². The van der Waals surface area contributed by atoms with Crippen LogP contribution in [0.15, 0.2) is 11.1 Å². The quantitative estimate of drug-likeness (QED) is 0.684. The summed E-state index contributed by atoms with van der Waals surface area (Å²) in [6.07, 6.45) is 3.37. The normalized spacial score (nSPS) is 41.4. The van der Waals surface area contributed by atoms with Gasteiger partial charge in [-0.2, -0.15) is 0 Å². The zero-order valence-corrected chi connectivity index (χ0v) is 12.8. The van der Waals surface area contributed by atoms with E-state index < -0.39 is 6.09 Å². The lowest BCUT2D eigenvalue weighted by Gasteiger charge is -2.26. The van der Waals surface area contributed by atoms with E-state index in [2.05, 4.69) is 0 Å². The summed E-state index contributed by atoms with van der Waals surface area (Å²) >= 11 is 0. The third kappa shape index (κ3) is 1.81. The van der Waals surface area contributed by atoms with Gasteiger partial charge in [0.1, 0.15) is 12.4 Å². The number of carbonyl (C=O) groups excluding carboxylic acids is 3. The van der Waals surface area contributed by atoms with Gasteiger partial charge in [0.05, 0.1) is 24.7 Å². The monoisotopic (exact) mass is 317 g/mol. The number of amides is 2. The highest BCUT2D eigenvalue weighted by Crippen LogP contribution is 2.52. The van der Waals surface area contributed by atoms with Crippen molar-refractivity contribution in [3.05, 3.63) is 11.1 Å². The highest BCUT2D eigenvalue weighted by molar-refractivity contribution is 5.95. The lowest BCUT2D eigenvalue weighted by Crippen LogP contribution is -2.41. The van der Waals surface area contributed by atoms with Crippen molar-refractivity contribution in [3.63, 3.8) is 0 Å². The van der Waals surface area contributed by atoms with Crippen molar-refractivity contribution in [2.75, 3.05) is 13.2 Å². The highest BCUT2D eigenvalue weighted by atomic mass is 16.6. The molecule has 0 unspecified atom stereocenters. The van der Waals surface area contributed by atoms with Crippen LogP contribution in [0.2, 0.25) is 0 Å². The highest BCUT2D eigenvalue weighted by Gasteiger charge is 2.54. The number of Topliss-reactive ketones (excluding diaryl/α,β-unsaturated/α-hetero) is 1. The molecule has 2 saturated heterocycles. The molecule has 4 bridgehead atoms. The van der Waals surface area contributed by atoms with Gasteiger partial charge in [-0.15, -0.1) is 0 Å². The second kappa shape index (κ2) is 4.66. The largest absolute Gasteiger partial charge is 0.447 e. The summed E-state index contributed by atoms with van der Waals surface area (Å²) in [5.74, 6) is 0.217. The van der Waals surface area contributed by atoms with Crippen LogP contribution in [0.3, 0.4) is 0 Å². The first-order valence-electron chi connectivity index (χ1n) is 8.52. The van der Waals surface area contributed by atoms with E-state index in [4.69, 9.17) is 9.47 Å². The molecule has 6 nitrogen and oxygen atoms in total. The van der Waals surface area contributed by atoms with Gasteiger partial charge in [0.15, 0.2) is 0 Å². The molecule has 23 heavy (non-hydrogen) atoms. The van der Waals surface area contributed by atoms with Gasteiger partial charge < -0.3 is 9.47 Å². The van der Waals surface area contributed by atoms with Crippen molar-refractivity contribution in [2.45, 2.75) is 44.3 Å². The van der Waals surface area contributed by atoms with Crippen molar-refractivity contribution in [2.24, 2.45) is 17.8 Å². The number of nitrogens with zero attached hydrogens (tertiary/aromatic N) is 1. The molecule has 6 heteroatoms. The van der Waals surface area contributed by atoms with E-state index in [9.17, 15) is 14.4 Å². The molecular weight excluding hydrogens is 298 g/mol. The number of carbonyl (C=O) groups is 3. The van der Waals surface area contributed by atoms with Gasteiger partial charge in [0, 0.05) is 11.8 Å². The first-order valence-corrected chi connectivity index (χ1v) is 8.52. The van der Waals surface area contributed by atoms with Gasteiger partial charge >= 0.3 is 6.09 Å². The average Bonchev–Trinajstić information content (AvgIpc) is 3.24. The summed E-state index contributed by atoms with van der Waals surface area (Å²) in [4.78, 5) is 37.9. The van der Waals surface area contributed by atoms with Crippen LogP contribution in [0.4, 0.5) is 4.79 Å². The van der Waals surface area contributed by atoms with Crippen LogP contribution in [0.25, 0.3) is 0 Å². The Balaban J connectivity index is 1.42. The van der Waals surface area contributed by atoms with Crippen molar-refractivity contribution < 1.29 is 23.9 Å². The molecule has 0 radical (unpaired) electrons. The van der Waals surface area contributed by atoms with Crippen LogP contribution in [0, 0.1) is 17.8 Å². The van der Waals surface area contributed by atoms with Gasteiger partial charge in [-0.05, 0) is 43.3 Å². The predicted octanol–water partition coefficient (Wildman–Crippen LogP) is 1.44. The Morgan fingerprint density at radius 2 is 1.83 bits per heavy atom. The van der Waals surface area contributed by atoms with Crippen LogP contribution in [-0.2, 0) is 19.1 Å². The molecule has 1 saturated carbocycles. The Kier molecular flexibility index (Phi) is 2.78. The van der Waals surface area contributed by atoms with E-state index in [0.29, 0.717) is 18.7 Å². The summed E-state index contributed by atoms with van der Waals surface area (Å²) in [5.41, 5.74) is 2.47. The van der Waals surface area contributed by atoms with Crippen molar-refractivity contribution in [1.29, 1.82) is 0 Å². The topological polar surface area (TPSA) is 72.9 Å². The molecule has 3 fully saturated rings. The number of ether oxygens (including phenoxy) is 2. The van der Waals surface area contributed by atoms with Gasteiger partial charge in [0.25, 0.3) is 0 Å². The third-order valence-electron chi connectivity index (χ3n) is 6.23. The molecule has 5 rings (SSSR count). The molecule has 3 aliphatic heterocycles. The first kappa shape index (κ1) is 13.7. The summed E-state index contributed by atoms with van der Waals surface area (Å²) in [6.45, 7) is 0.610. The number of hydrogen-bond acceptors (Lipinski definition) is 5. The number of fused-ring (bicyclic) bond motifs is 6. The Labute approximate surface area is 133 Å². The van der Waals surface area contributed by atoms with Crippen molar-refractivity contribution >= 4 is 17.8 Å². The smallest absolute Gasteiger partial charge is 0.416 e. The van der Waals surface area contributed by atoms with E-state index in [-0.39, 0.29) is 42.5 Å². The SMILES string of the molecule is O=C1[C@@H]2CC[C@H]1CC1=C(C2)[C@H]2C[C@H](C(=O)N3CCOC3=O)[C@@H]1O2. The van der Waals surface area contributed by atoms with E-state index in [0.717, 1.165) is 25.7 Å². The van der Waals surface area contributed by atoms with Crippen molar-refractivity contribution in [1.82, 2.24) is 4.90 Å². The summed E-state index contributed by atoms with van der Waals surface area (Å²) < 4.78 is 11.0. The van der Waals surface area contributed by atoms with Gasteiger partial charge in [-0.1, -0.05) is 0 Å². The fraction of sp³-hybridized carbons (Fsp3) is 0.706. The maximum absolute atomic E-state index is 12.7. The zero-order chi connectivity index (χ0) is 15.7. The predicted molar refractivity (Wildman–Crippen MR) is 77.3 cm³/mol. The summed E-state index contributed by atoms with van der Waals surface area (Å²) in [7, 11) is 0. The van der Waals surface area contributed by atoms with Crippen LogP contribution >= 0.6 is 0 Å². The molecule has 0 spiro atoms. The second-order valence-electron chi connectivity index (χ2n) is 7.32. The number of cyclic esters (lactones) is 1. The first-order chi connectivity index (χ1) is 11.1. The van der Waals surface area contributed by atoms with Gasteiger partial charge in [-0.3, -0.25) is 9.59 Å². The zero-order valence-electron chi connectivity index (χ0n) is 12.8. The molecule has 5 atom stereocenters. The molecular formula is C17H19NO5. The van der Waals surface area contributed by atoms with Gasteiger partial charge in [-0.25, -0.2) is 9.69 Å². The molecule has 0 N–H and O–H groups in total. The van der Waals surface area contributed by atoms with E-state index in [1.54, 1.807) is 0 Å². The minimum atomic E-state index is -0.540. The molecule has 3 heterocycles. The fourth-order valence-electron chi connectivity index (χ4n) is 5.11. The minimum Gasteiger partial charge on any atom is -0.447 e. The third-order valence-corrected chi connectivity index (χ3v) is 6.23. The van der Waals surface area contributed by atoms with E-state index in [1.807, 2.05) is 0 Å². The Morgan fingerprint density at radius 1 is 1.09 bits per heavy atom. The second-order valence-corrected chi connectivity index (χ2v) is 7.32. The summed E-state index contributed by atoms with van der Waals surface area (Å²) in [5, 5.41) is 0. The Morgan fingerprint density at radius 3 is 2.52 bits per heavy atom. The molecule has 2 amide bonds. The molecule has 122 valence electrons. The van der Waals surface area contributed by atoms with Crippen LogP contribution in [-0.4, -0.2) is 48.0 Å². The number of imide groups is 1. The molecule has 2 aliphatic carbocycles. The lowest BCUT2D eigenvalue weighted by atomic mass is 9.78. The van der Waals surface area contributed by atoms with E-state index >= 15 is 0 Å². The number of rotatable bonds is 1. The van der Waals surface area contributed by atoms with Crippen LogP contribution < -0.4 is 0 Å². The Hall–Kier alpha value is -1.69. The van der Waals surface area contributed by atoms with Crippen LogP contribution in [0.5, 0.6) is 0 Å². The molecule has 5 aliphatic rings. The average molecular weight is 317 g/mol. The fourth-order valence-corrected chi connectivity index (χ4v) is 5.11. The lowest BCUT2D eigenvalue weighted by molar-refractivity contribution is -0.133. The number of hydrogen-bond donors (Lipinski definition) is 0. The summed E-state index contributed by atoms with van der Waals surface area (Å²) in [6, 6.07) is 0. The maximum atomic E-state index is 12.7. The van der Waals surface area contributed by atoms with Gasteiger partial charge in [0.2, 0.25) is 5.91 Å². The minimum absolute atomic E-state index is 0.0327. The Bertz CT molecular complexity index is 653. The molecule has 0 aromatic rings. The maximum Gasteiger partial charge on any atom is 0.416 e.